The van der Waals surface area contributed by atoms with Crippen LogP contribution < -0.4 is 5.46 Å². The van der Waals surface area contributed by atoms with Gasteiger partial charge in [-0.3, -0.25) is 0 Å². The third-order valence-corrected chi connectivity index (χ3v) is 3.87. The molecule has 0 aliphatic carbocycles. The van der Waals surface area contributed by atoms with Crippen LogP contribution in [0.5, 0.6) is 0 Å². The third kappa shape index (κ3) is 2.67. The summed E-state index contributed by atoms with van der Waals surface area (Å²) in [6.07, 6.45) is 3.60. The van der Waals surface area contributed by atoms with Gasteiger partial charge in [-0.15, -0.1) is 0 Å². The van der Waals surface area contributed by atoms with Crippen molar-refractivity contribution in [2.75, 3.05) is 0 Å². The predicted molar refractivity (Wildman–Crippen MR) is 76.4 cm³/mol. The van der Waals surface area contributed by atoms with E-state index in [1.807, 2.05) is 27.7 Å². The standard InChI is InChI=1S/C14H23BN2O2/c1-12(2,3)11-16-8-10(9-17-11)15-18-13(4,5)14(6,7)19-15/h8-9H,1-7H3. The average Bonchev–Trinajstić information content (AvgIpc) is 2.47. The van der Waals surface area contributed by atoms with Gasteiger partial charge in [0.05, 0.1) is 11.2 Å². The molecule has 0 amide bonds. The van der Waals surface area contributed by atoms with Gasteiger partial charge in [0, 0.05) is 23.3 Å². The lowest BCUT2D eigenvalue weighted by molar-refractivity contribution is 0.00578. The van der Waals surface area contributed by atoms with Crippen LogP contribution >= 0.6 is 0 Å². The minimum absolute atomic E-state index is 0.0472. The molecule has 0 spiro atoms. The highest BCUT2D eigenvalue weighted by molar-refractivity contribution is 6.61. The fourth-order valence-electron chi connectivity index (χ4n) is 1.83. The lowest BCUT2D eigenvalue weighted by Crippen LogP contribution is -2.41. The van der Waals surface area contributed by atoms with Crippen LogP contribution in [-0.4, -0.2) is 28.3 Å². The van der Waals surface area contributed by atoms with E-state index in [-0.39, 0.29) is 23.7 Å². The first kappa shape index (κ1) is 14.5. The molecule has 1 aliphatic heterocycles. The van der Waals surface area contributed by atoms with Crippen molar-refractivity contribution >= 4 is 12.6 Å². The van der Waals surface area contributed by atoms with Gasteiger partial charge in [0.25, 0.3) is 0 Å². The molecule has 0 radical (unpaired) electrons. The SMILES string of the molecule is CC(C)(C)c1ncc(B2OC(C)(C)C(C)(C)O2)cn1. The molecule has 1 fully saturated rings. The molecule has 1 aromatic rings. The second-order valence-corrected chi connectivity index (χ2v) is 7.18. The molecule has 2 rings (SSSR count). The van der Waals surface area contributed by atoms with Crippen LogP contribution in [0.25, 0.3) is 0 Å². The van der Waals surface area contributed by atoms with Crippen LogP contribution in [0, 0.1) is 0 Å². The smallest absolute Gasteiger partial charge is 0.399 e. The summed E-state index contributed by atoms with van der Waals surface area (Å²) in [5, 5.41) is 0. The van der Waals surface area contributed by atoms with Crippen LogP contribution in [0.1, 0.15) is 54.3 Å². The van der Waals surface area contributed by atoms with Crippen LogP contribution in [0.3, 0.4) is 0 Å². The Morgan fingerprint density at radius 3 is 1.74 bits per heavy atom. The highest BCUT2D eigenvalue weighted by Crippen LogP contribution is 2.36. The van der Waals surface area contributed by atoms with Crippen molar-refractivity contribution in [3.05, 3.63) is 18.2 Å². The molecule has 2 heterocycles. The van der Waals surface area contributed by atoms with E-state index in [4.69, 9.17) is 9.31 Å². The molecule has 1 saturated heterocycles. The van der Waals surface area contributed by atoms with Crippen molar-refractivity contribution in [3.63, 3.8) is 0 Å². The Hall–Kier alpha value is -0.935. The first-order valence-corrected chi connectivity index (χ1v) is 6.71. The molecule has 1 aliphatic rings. The van der Waals surface area contributed by atoms with Gasteiger partial charge >= 0.3 is 7.12 Å². The summed E-state index contributed by atoms with van der Waals surface area (Å²) in [4.78, 5) is 8.84. The van der Waals surface area contributed by atoms with Crippen LogP contribution in [0.15, 0.2) is 12.4 Å². The maximum Gasteiger partial charge on any atom is 0.498 e. The van der Waals surface area contributed by atoms with E-state index >= 15 is 0 Å². The molecule has 104 valence electrons. The lowest BCUT2D eigenvalue weighted by Gasteiger charge is -2.32. The van der Waals surface area contributed by atoms with E-state index in [0.29, 0.717) is 0 Å². The molecule has 1 aromatic heterocycles. The third-order valence-electron chi connectivity index (χ3n) is 3.87. The van der Waals surface area contributed by atoms with Gasteiger partial charge in [-0.05, 0) is 27.7 Å². The molecular formula is C14H23BN2O2. The normalized spacial score (nSPS) is 21.7. The summed E-state index contributed by atoms with van der Waals surface area (Å²) in [5.74, 6) is 0.827. The summed E-state index contributed by atoms with van der Waals surface area (Å²) in [7, 11) is -0.390. The lowest BCUT2D eigenvalue weighted by atomic mass is 9.81. The Bertz CT molecular complexity index is 447. The van der Waals surface area contributed by atoms with Crippen molar-refractivity contribution in [2.24, 2.45) is 0 Å². The first-order chi connectivity index (χ1) is 8.53. The second-order valence-electron chi connectivity index (χ2n) is 7.18. The van der Waals surface area contributed by atoms with Crippen molar-refractivity contribution in [2.45, 2.75) is 65.1 Å². The number of hydrogen-bond donors (Lipinski definition) is 0. The molecule has 19 heavy (non-hydrogen) atoms. The molecule has 0 N–H and O–H groups in total. The van der Waals surface area contributed by atoms with Gasteiger partial charge < -0.3 is 9.31 Å². The van der Waals surface area contributed by atoms with Gasteiger partial charge in [-0.25, -0.2) is 9.97 Å². The summed E-state index contributed by atoms with van der Waals surface area (Å²) in [5.41, 5.74) is 0.154. The minimum Gasteiger partial charge on any atom is -0.399 e. The van der Waals surface area contributed by atoms with Crippen LogP contribution in [0.2, 0.25) is 0 Å². The number of nitrogens with zero attached hydrogens (tertiary/aromatic N) is 2. The fraction of sp³-hybridized carbons (Fsp3) is 0.714. The Morgan fingerprint density at radius 2 is 1.37 bits per heavy atom. The number of rotatable bonds is 1. The minimum atomic E-state index is -0.390. The molecular weight excluding hydrogens is 239 g/mol. The second kappa shape index (κ2) is 4.28. The molecule has 0 atom stereocenters. The molecule has 0 aromatic carbocycles. The predicted octanol–water partition coefficient (Wildman–Crippen LogP) is 2.07. The van der Waals surface area contributed by atoms with E-state index in [2.05, 4.69) is 30.7 Å². The van der Waals surface area contributed by atoms with Gasteiger partial charge in [-0.1, -0.05) is 20.8 Å². The highest BCUT2D eigenvalue weighted by atomic mass is 16.7. The number of aromatic nitrogens is 2. The molecule has 0 unspecified atom stereocenters. The van der Waals surface area contributed by atoms with E-state index < -0.39 is 0 Å². The van der Waals surface area contributed by atoms with E-state index in [1.54, 1.807) is 12.4 Å². The van der Waals surface area contributed by atoms with Crippen molar-refractivity contribution in [1.82, 2.24) is 9.97 Å². The quantitative estimate of drug-likeness (QED) is 0.727. The van der Waals surface area contributed by atoms with Gasteiger partial charge in [0.1, 0.15) is 5.82 Å². The first-order valence-electron chi connectivity index (χ1n) is 6.71. The van der Waals surface area contributed by atoms with Crippen LogP contribution in [0.4, 0.5) is 0 Å². The van der Waals surface area contributed by atoms with Gasteiger partial charge in [0.15, 0.2) is 0 Å². The van der Waals surface area contributed by atoms with E-state index in [0.717, 1.165) is 11.3 Å². The topological polar surface area (TPSA) is 44.2 Å². The summed E-state index contributed by atoms with van der Waals surface area (Å²) in [6, 6.07) is 0. The Labute approximate surface area is 116 Å². The maximum absolute atomic E-state index is 5.97. The van der Waals surface area contributed by atoms with Crippen molar-refractivity contribution < 1.29 is 9.31 Å². The maximum atomic E-state index is 5.97. The Kier molecular flexibility index (Phi) is 3.26. The zero-order valence-corrected chi connectivity index (χ0v) is 12.9. The highest BCUT2D eigenvalue weighted by Gasteiger charge is 2.51. The summed E-state index contributed by atoms with van der Waals surface area (Å²) < 4.78 is 11.9. The van der Waals surface area contributed by atoms with Crippen molar-refractivity contribution in [1.29, 1.82) is 0 Å². The number of hydrogen-bond acceptors (Lipinski definition) is 4. The van der Waals surface area contributed by atoms with Gasteiger partial charge in [0.2, 0.25) is 0 Å². The van der Waals surface area contributed by atoms with Crippen LogP contribution in [-0.2, 0) is 14.7 Å². The van der Waals surface area contributed by atoms with Crippen molar-refractivity contribution in [3.8, 4) is 0 Å². The Morgan fingerprint density at radius 1 is 0.947 bits per heavy atom. The van der Waals surface area contributed by atoms with E-state index in [9.17, 15) is 0 Å². The zero-order chi connectivity index (χ0) is 14.5. The molecule has 0 bridgehead atoms. The largest absolute Gasteiger partial charge is 0.498 e. The molecule has 5 heteroatoms. The average molecular weight is 262 g/mol. The monoisotopic (exact) mass is 262 g/mol. The molecule has 0 saturated carbocycles. The van der Waals surface area contributed by atoms with Gasteiger partial charge in [-0.2, -0.15) is 0 Å². The zero-order valence-electron chi connectivity index (χ0n) is 12.9. The fourth-order valence-corrected chi connectivity index (χ4v) is 1.83. The summed E-state index contributed by atoms with van der Waals surface area (Å²) >= 11 is 0. The Balaban J connectivity index is 2.22. The van der Waals surface area contributed by atoms with E-state index in [1.165, 1.54) is 0 Å². The summed E-state index contributed by atoms with van der Waals surface area (Å²) in [6.45, 7) is 14.4. The molecule has 4 nitrogen and oxygen atoms in total.